The van der Waals surface area contributed by atoms with Crippen LogP contribution in [0.5, 0.6) is 0 Å². The minimum Gasteiger partial charge on any atom is -0.0882 e. The highest BCUT2D eigenvalue weighted by molar-refractivity contribution is 5.19. The first-order valence-corrected chi connectivity index (χ1v) is 6.91. The smallest absolute Gasteiger partial charge is 0.0139 e. The van der Waals surface area contributed by atoms with Crippen molar-refractivity contribution >= 4 is 0 Å². The molecule has 0 heteroatoms. The van der Waals surface area contributed by atoms with Crippen LogP contribution in [0.25, 0.3) is 0 Å². The summed E-state index contributed by atoms with van der Waals surface area (Å²) in [7, 11) is 0. The standard InChI is InChI=1S/C16H28/c1-6-15-13(4)10-8-7-9-11-16(12(2)3)14(15)5/h7-8,12,14,16H,6,9-11H2,1-5H3/b8-7-,15-13-. The lowest BCUT2D eigenvalue weighted by atomic mass is 9.76. The molecule has 92 valence electrons. The Morgan fingerprint density at radius 2 is 2.00 bits per heavy atom. The highest BCUT2D eigenvalue weighted by Gasteiger charge is 2.23. The summed E-state index contributed by atoms with van der Waals surface area (Å²) in [6.45, 7) is 11.8. The van der Waals surface area contributed by atoms with Crippen molar-refractivity contribution in [1.82, 2.24) is 0 Å². The maximum absolute atomic E-state index is 2.44. The minimum absolute atomic E-state index is 0.768. The zero-order valence-corrected chi connectivity index (χ0v) is 11.7. The first kappa shape index (κ1) is 13.5. The van der Waals surface area contributed by atoms with E-state index < -0.39 is 0 Å². The quantitative estimate of drug-likeness (QED) is 0.549. The summed E-state index contributed by atoms with van der Waals surface area (Å²) >= 11 is 0. The summed E-state index contributed by atoms with van der Waals surface area (Å²) in [6, 6.07) is 0. The van der Waals surface area contributed by atoms with Crippen LogP contribution in [0.3, 0.4) is 0 Å². The fourth-order valence-corrected chi connectivity index (χ4v) is 3.23. The molecule has 0 aliphatic heterocycles. The average Bonchev–Trinajstić information content (AvgIpc) is 2.28. The predicted molar refractivity (Wildman–Crippen MR) is 73.5 cm³/mol. The summed E-state index contributed by atoms with van der Waals surface area (Å²) in [5.41, 5.74) is 3.32. The van der Waals surface area contributed by atoms with E-state index in [-0.39, 0.29) is 0 Å². The highest BCUT2D eigenvalue weighted by Crippen LogP contribution is 2.35. The van der Waals surface area contributed by atoms with E-state index in [2.05, 4.69) is 46.8 Å². The molecule has 1 aliphatic carbocycles. The van der Waals surface area contributed by atoms with Crippen molar-refractivity contribution in [2.75, 3.05) is 0 Å². The molecule has 0 nitrogen and oxygen atoms in total. The molecule has 0 N–H and O–H groups in total. The molecule has 0 saturated heterocycles. The Hall–Kier alpha value is -0.520. The summed E-state index contributed by atoms with van der Waals surface area (Å²) < 4.78 is 0. The highest BCUT2D eigenvalue weighted by atomic mass is 14.3. The Kier molecular flexibility index (Phi) is 5.31. The molecule has 0 spiro atoms. The Bertz CT molecular complexity index is 268. The van der Waals surface area contributed by atoms with E-state index in [9.17, 15) is 0 Å². The van der Waals surface area contributed by atoms with Crippen LogP contribution in [0, 0.1) is 17.8 Å². The molecule has 0 heterocycles. The molecule has 16 heavy (non-hydrogen) atoms. The topological polar surface area (TPSA) is 0 Å². The van der Waals surface area contributed by atoms with E-state index in [0.29, 0.717) is 0 Å². The van der Waals surface area contributed by atoms with Gasteiger partial charge in [0.25, 0.3) is 0 Å². The van der Waals surface area contributed by atoms with Gasteiger partial charge in [-0.3, -0.25) is 0 Å². The first-order valence-electron chi connectivity index (χ1n) is 6.91. The molecule has 0 aromatic rings. The molecule has 0 bridgehead atoms. The molecular formula is C16H28. The van der Waals surface area contributed by atoms with Crippen LogP contribution in [-0.2, 0) is 0 Å². The number of hydrogen-bond donors (Lipinski definition) is 0. The Balaban J connectivity index is 2.98. The van der Waals surface area contributed by atoms with Crippen LogP contribution < -0.4 is 0 Å². The van der Waals surface area contributed by atoms with Crippen molar-refractivity contribution in [3.8, 4) is 0 Å². The monoisotopic (exact) mass is 220 g/mol. The summed E-state index contributed by atoms with van der Waals surface area (Å²) in [5, 5.41) is 0. The van der Waals surface area contributed by atoms with Crippen LogP contribution in [0.1, 0.15) is 60.3 Å². The molecule has 1 aliphatic rings. The Morgan fingerprint density at radius 1 is 1.31 bits per heavy atom. The van der Waals surface area contributed by atoms with Gasteiger partial charge in [0.15, 0.2) is 0 Å². The zero-order valence-electron chi connectivity index (χ0n) is 11.7. The number of allylic oxidation sites excluding steroid dienone is 4. The van der Waals surface area contributed by atoms with E-state index >= 15 is 0 Å². The van der Waals surface area contributed by atoms with Crippen LogP contribution in [0.15, 0.2) is 23.3 Å². The van der Waals surface area contributed by atoms with Gasteiger partial charge in [-0.15, -0.1) is 0 Å². The average molecular weight is 220 g/mol. The molecule has 0 aromatic heterocycles. The van der Waals surface area contributed by atoms with E-state index in [0.717, 1.165) is 17.8 Å². The fraction of sp³-hybridized carbons (Fsp3) is 0.750. The van der Waals surface area contributed by atoms with Gasteiger partial charge < -0.3 is 0 Å². The third-order valence-electron chi connectivity index (χ3n) is 4.23. The lowest BCUT2D eigenvalue weighted by molar-refractivity contribution is 0.280. The van der Waals surface area contributed by atoms with Gasteiger partial charge in [-0.2, -0.15) is 0 Å². The van der Waals surface area contributed by atoms with Gasteiger partial charge in [-0.1, -0.05) is 51.0 Å². The summed E-state index contributed by atoms with van der Waals surface area (Å²) in [4.78, 5) is 0. The lowest BCUT2D eigenvalue weighted by Crippen LogP contribution is -2.20. The van der Waals surface area contributed by atoms with E-state index in [1.807, 2.05) is 0 Å². The van der Waals surface area contributed by atoms with Gasteiger partial charge in [0.1, 0.15) is 0 Å². The number of hydrogen-bond acceptors (Lipinski definition) is 0. The zero-order chi connectivity index (χ0) is 12.1. The maximum Gasteiger partial charge on any atom is -0.0139 e. The predicted octanol–water partition coefficient (Wildman–Crippen LogP) is 5.36. The summed E-state index contributed by atoms with van der Waals surface area (Å²) in [6.07, 6.45) is 9.75. The van der Waals surface area contributed by atoms with Crippen LogP contribution in [0.2, 0.25) is 0 Å². The third-order valence-corrected chi connectivity index (χ3v) is 4.23. The molecule has 0 saturated carbocycles. The van der Waals surface area contributed by atoms with Crippen molar-refractivity contribution in [1.29, 1.82) is 0 Å². The molecule has 2 unspecified atom stereocenters. The van der Waals surface area contributed by atoms with Gasteiger partial charge in [-0.05, 0) is 50.4 Å². The van der Waals surface area contributed by atoms with Gasteiger partial charge >= 0.3 is 0 Å². The normalized spacial score (nSPS) is 34.4. The van der Waals surface area contributed by atoms with Gasteiger partial charge in [0.2, 0.25) is 0 Å². The molecule has 0 fully saturated rings. The molecular weight excluding hydrogens is 192 g/mol. The van der Waals surface area contributed by atoms with Gasteiger partial charge in [0.05, 0.1) is 0 Å². The summed E-state index contributed by atoms with van der Waals surface area (Å²) in [5.74, 6) is 2.42. The largest absolute Gasteiger partial charge is 0.0882 e. The molecule has 1 rings (SSSR count). The molecule has 2 atom stereocenters. The second kappa shape index (κ2) is 6.27. The lowest BCUT2D eigenvalue weighted by Gasteiger charge is -2.30. The van der Waals surface area contributed by atoms with Crippen molar-refractivity contribution in [2.24, 2.45) is 17.8 Å². The van der Waals surface area contributed by atoms with Crippen molar-refractivity contribution in [3.63, 3.8) is 0 Å². The van der Waals surface area contributed by atoms with Crippen molar-refractivity contribution in [3.05, 3.63) is 23.3 Å². The second-order valence-electron chi connectivity index (χ2n) is 5.61. The van der Waals surface area contributed by atoms with Gasteiger partial charge in [-0.25, -0.2) is 0 Å². The van der Waals surface area contributed by atoms with Crippen molar-refractivity contribution < 1.29 is 0 Å². The molecule has 0 aromatic carbocycles. The first-order chi connectivity index (χ1) is 7.57. The van der Waals surface area contributed by atoms with Crippen LogP contribution >= 0.6 is 0 Å². The second-order valence-corrected chi connectivity index (χ2v) is 5.61. The van der Waals surface area contributed by atoms with E-state index in [4.69, 9.17) is 0 Å². The molecule has 0 radical (unpaired) electrons. The maximum atomic E-state index is 2.44. The van der Waals surface area contributed by atoms with Crippen molar-refractivity contribution in [2.45, 2.75) is 60.3 Å². The van der Waals surface area contributed by atoms with Gasteiger partial charge in [0, 0.05) is 0 Å². The Morgan fingerprint density at radius 3 is 2.56 bits per heavy atom. The van der Waals surface area contributed by atoms with Crippen LogP contribution in [-0.4, -0.2) is 0 Å². The van der Waals surface area contributed by atoms with E-state index in [1.165, 1.54) is 25.7 Å². The Labute approximate surface area is 102 Å². The fourth-order valence-electron chi connectivity index (χ4n) is 3.23. The minimum atomic E-state index is 0.768. The third kappa shape index (κ3) is 3.23. The van der Waals surface area contributed by atoms with E-state index in [1.54, 1.807) is 11.1 Å². The SMILES string of the molecule is CC/C1=C(\C)C/C=C\CCC(C(C)C)C1C. The molecule has 0 amide bonds. The van der Waals surface area contributed by atoms with Crippen LogP contribution in [0.4, 0.5) is 0 Å². The number of rotatable bonds is 2.